The fourth-order valence-electron chi connectivity index (χ4n) is 6.01. The number of unbranched alkanes of at least 4 members (excludes halogenated alkanes) is 10. The number of nitrogens with zero attached hydrogens (tertiary/aromatic N) is 1. The summed E-state index contributed by atoms with van der Waals surface area (Å²) in [6.45, 7) is 4.51. The van der Waals surface area contributed by atoms with Crippen LogP contribution >= 0.6 is 0 Å². The smallest absolute Gasteiger partial charge is 0.306 e. The number of esters is 2. The summed E-state index contributed by atoms with van der Waals surface area (Å²) >= 11 is 0. The van der Waals surface area contributed by atoms with Gasteiger partial charge in [0.2, 0.25) is 0 Å². The third kappa shape index (κ3) is 46.0. The molecule has 9 nitrogen and oxygen atoms in total. The number of carbonyl (C=O) groups is 3. The van der Waals surface area contributed by atoms with E-state index in [-0.39, 0.29) is 38.6 Å². The Bertz CT molecular complexity index is 1410. The van der Waals surface area contributed by atoms with E-state index in [2.05, 4.69) is 117 Å². The summed E-state index contributed by atoms with van der Waals surface area (Å²) in [5.41, 5.74) is 0. The molecule has 0 N–H and O–H groups in total. The lowest BCUT2D eigenvalue weighted by molar-refractivity contribution is -0.870. The van der Waals surface area contributed by atoms with Gasteiger partial charge in [-0.15, -0.1) is 0 Å². The van der Waals surface area contributed by atoms with Crippen LogP contribution in [0.25, 0.3) is 0 Å². The third-order valence-corrected chi connectivity index (χ3v) is 9.78. The Hall–Kier alpha value is -4.05. The molecule has 0 amide bonds. The second kappa shape index (κ2) is 45.5. The number of hydrogen-bond acceptors (Lipinski definition) is 8. The predicted molar refractivity (Wildman–Crippen MR) is 264 cm³/mol. The molecule has 0 heterocycles. The Balaban J connectivity index is 4.43. The van der Waals surface area contributed by atoms with Gasteiger partial charge in [0.15, 0.2) is 12.4 Å². The van der Waals surface area contributed by atoms with E-state index < -0.39 is 24.3 Å². The highest BCUT2D eigenvalue weighted by atomic mass is 16.7. The van der Waals surface area contributed by atoms with E-state index in [1.807, 2.05) is 27.2 Å². The van der Waals surface area contributed by atoms with Gasteiger partial charge in [-0.2, -0.15) is 0 Å². The van der Waals surface area contributed by atoms with Crippen molar-refractivity contribution >= 4 is 17.9 Å². The van der Waals surface area contributed by atoms with Crippen LogP contribution < -0.4 is 5.11 Å². The van der Waals surface area contributed by atoms with Gasteiger partial charge in [-0.25, -0.2) is 0 Å². The Labute approximate surface area is 390 Å². The minimum absolute atomic E-state index is 0.131. The van der Waals surface area contributed by atoms with Crippen LogP contribution in [-0.2, 0) is 33.3 Å². The molecule has 0 aromatic rings. The zero-order valence-corrected chi connectivity index (χ0v) is 40.9. The topological polar surface area (TPSA) is 111 Å². The van der Waals surface area contributed by atoms with Gasteiger partial charge in [-0.1, -0.05) is 181 Å². The summed E-state index contributed by atoms with van der Waals surface area (Å²) in [6.07, 6.45) is 58.6. The molecule has 0 fully saturated rings. The van der Waals surface area contributed by atoms with E-state index >= 15 is 0 Å². The molecule has 0 aromatic heterocycles. The van der Waals surface area contributed by atoms with Crippen molar-refractivity contribution in [1.82, 2.24) is 0 Å². The molecule has 0 aliphatic rings. The van der Waals surface area contributed by atoms with Crippen molar-refractivity contribution in [2.75, 3.05) is 47.5 Å². The van der Waals surface area contributed by atoms with Crippen LogP contribution in [0, 0.1) is 0 Å². The molecule has 0 bridgehead atoms. The molecule has 2 atom stereocenters. The molecule has 9 heteroatoms. The molecule has 0 saturated carbocycles. The first kappa shape index (κ1) is 60.0. The second-order valence-electron chi connectivity index (χ2n) is 17.0. The highest BCUT2D eigenvalue weighted by molar-refractivity contribution is 5.70. The zero-order valence-electron chi connectivity index (χ0n) is 40.9. The van der Waals surface area contributed by atoms with Crippen LogP contribution in [-0.4, -0.2) is 82.3 Å². The van der Waals surface area contributed by atoms with E-state index in [1.165, 1.54) is 44.9 Å². The number of carboxylic acid groups (broad SMARTS) is 1. The van der Waals surface area contributed by atoms with Gasteiger partial charge in [-0.05, 0) is 77.0 Å². The van der Waals surface area contributed by atoms with Crippen molar-refractivity contribution in [1.29, 1.82) is 0 Å². The standard InChI is InChI=1S/C55H89NO8/c1-6-8-10-12-14-16-18-19-20-21-22-23-24-25-26-27-28-29-30-31-32-33-34-35-36-38-40-42-44-46-53(58)64-51(50-63-55(54(59)60)61-48-47-56(3,4)5)49-62-52(57)45-43-41-39-37-17-15-13-11-9-7-2/h8,10,14,16,19-20,22-23,25-26,28-29,31-32,34-35,38,40,51,55H,6-7,9,11-13,15,17-18,21,24,27,30,33,36-37,39,41-50H2,1-5H3/b10-8-,16-14-,20-19-,23-22-,26-25-,29-28-,32-31-,35-34-,40-38-. The van der Waals surface area contributed by atoms with E-state index in [1.54, 1.807) is 0 Å². The van der Waals surface area contributed by atoms with E-state index in [9.17, 15) is 19.5 Å². The van der Waals surface area contributed by atoms with Gasteiger partial charge < -0.3 is 33.3 Å². The maximum Gasteiger partial charge on any atom is 0.306 e. The van der Waals surface area contributed by atoms with Crippen LogP contribution in [0.1, 0.15) is 162 Å². The zero-order chi connectivity index (χ0) is 47.0. The third-order valence-electron chi connectivity index (χ3n) is 9.78. The second-order valence-corrected chi connectivity index (χ2v) is 17.0. The van der Waals surface area contributed by atoms with Gasteiger partial charge in [0.25, 0.3) is 0 Å². The van der Waals surface area contributed by atoms with Crippen molar-refractivity contribution in [2.45, 2.75) is 174 Å². The van der Waals surface area contributed by atoms with Crippen LogP contribution in [0.2, 0.25) is 0 Å². The van der Waals surface area contributed by atoms with Crippen LogP contribution in [0.4, 0.5) is 0 Å². The fraction of sp³-hybridized carbons (Fsp3) is 0.618. The van der Waals surface area contributed by atoms with Crippen LogP contribution in [0.3, 0.4) is 0 Å². The summed E-state index contributed by atoms with van der Waals surface area (Å²) in [4.78, 5) is 36.9. The number of quaternary nitrogens is 1. The number of allylic oxidation sites excluding steroid dienone is 18. The molecule has 64 heavy (non-hydrogen) atoms. The molecule has 0 aliphatic carbocycles. The van der Waals surface area contributed by atoms with Gasteiger partial charge in [-0.3, -0.25) is 9.59 Å². The van der Waals surface area contributed by atoms with E-state index in [4.69, 9.17) is 18.9 Å². The Morgan fingerprint density at radius 1 is 0.484 bits per heavy atom. The number of ether oxygens (including phenoxy) is 4. The molecule has 0 radical (unpaired) electrons. The molecular weight excluding hydrogens is 803 g/mol. The summed E-state index contributed by atoms with van der Waals surface area (Å²) in [5.74, 6) is -2.38. The first-order valence-corrected chi connectivity index (χ1v) is 24.5. The maximum absolute atomic E-state index is 12.7. The summed E-state index contributed by atoms with van der Waals surface area (Å²) in [6, 6.07) is 0. The van der Waals surface area contributed by atoms with Crippen LogP contribution in [0.15, 0.2) is 109 Å². The van der Waals surface area contributed by atoms with Crippen molar-refractivity contribution in [3.8, 4) is 0 Å². The molecular formula is C55H89NO8. The number of aliphatic carboxylic acids is 1. The van der Waals surface area contributed by atoms with Gasteiger partial charge in [0, 0.05) is 12.8 Å². The number of carbonyl (C=O) groups excluding carboxylic acids is 3. The van der Waals surface area contributed by atoms with Crippen molar-refractivity contribution in [3.05, 3.63) is 109 Å². The van der Waals surface area contributed by atoms with Crippen molar-refractivity contribution in [3.63, 3.8) is 0 Å². The average molecular weight is 892 g/mol. The van der Waals surface area contributed by atoms with Gasteiger partial charge in [0.1, 0.15) is 13.2 Å². The Morgan fingerprint density at radius 2 is 0.891 bits per heavy atom. The summed E-state index contributed by atoms with van der Waals surface area (Å²) in [5, 5.41) is 11.7. The van der Waals surface area contributed by atoms with E-state index in [0.29, 0.717) is 23.9 Å². The van der Waals surface area contributed by atoms with E-state index in [0.717, 1.165) is 77.0 Å². The predicted octanol–water partition coefficient (Wildman–Crippen LogP) is 12.3. The highest BCUT2D eigenvalue weighted by Crippen LogP contribution is 2.12. The number of hydrogen-bond donors (Lipinski definition) is 0. The van der Waals surface area contributed by atoms with Gasteiger partial charge >= 0.3 is 11.9 Å². The largest absolute Gasteiger partial charge is 0.545 e. The first-order chi connectivity index (χ1) is 31.1. The molecule has 0 spiro atoms. The lowest BCUT2D eigenvalue weighted by atomic mass is 10.1. The van der Waals surface area contributed by atoms with Crippen molar-refractivity contribution < 1.29 is 42.9 Å². The lowest BCUT2D eigenvalue weighted by Gasteiger charge is -2.26. The Morgan fingerprint density at radius 3 is 1.31 bits per heavy atom. The fourth-order valence-corrected chi connectivity index (χ4v) is 6.01. The molecule has 0 aliphatic heterocycles. The molecule has 362 valence electrons. The highest BCUT2D eigenvalue weighted by Gasteiger charge is 2.21. The minimum atomic E-state index is -1.64. The van der Waals surface area contributed by atoms with Crippen molar-refractivity contribution in [2.24, 2.45) is 0 Å². The lowest BCUT2D eigenvalue weighted by Crippen LogP contribution is -2.44. The maximum atomic E-state index is 12.7. The molecule has 2 unspecified atom stereocenters. The summed E-state index contributed by atoms with van der Waals surface area (Å²) in [7, 11) is 5.88. The molecule has 0 saturated heterocycles. The Kier molecular flexibility index (Phi) is 42.6. The average Bonchev–Trinajstić information content (AvgIpc) is 3.26. The number of rotatable bonds is 43. The molecule has 0 aromatic carbocycles. The molecule has 0 rings (SSSR count). The minimum Gasteiger partial charge on any atom is -0.545 e. The first-order valence-electron chi connectivity index (χ1n) is 24.5. The van der Waals surface area contributed by atoms with Crippen LogP contribution in [0.5, 0.6) is 0 Å². The SMILES string of the molecule is CC/C=C\C/C=C\C/C=C\C/C=C\C/C=C\C/C=C\C/C=C\C/C=C\C/C=C\CCCC(=O)OC(COC(=O)CCCCCCCCCCCC)COC(OCC[N+](C)(C)C)C(=O)[O-]. The monoisotopic (exact) mass is 892 g/mol. The quantitative estimate of drug-likeness (QED) is 0.0196. The normalized spacial score (nSPS) is 13.8. The summed E-state index contributed by atoms with van der Waals surface area (Å²) < 4.78 is 22.5. The number of carboxylic acids is 1. The van der Waals surface area contributed by atoms with Gasteiger partial charge in [0.05, 0.1) is 40.3 Å². The number of likely N-dealkylation sites (N-methyl/N-ethyl adjacent to an activating group) is 1.